The summed E-state index contributed by atoms with van der Waals surface area (Å²) in [6.45, 7) is 5.77. The molecule has 1 saturated heterocycles. The van der Waals surface area contributed by atoms with Crippen LogP contribution in [0.5, 0.6) is 0 Å². The Hall–Kier alpha value is -2.51. The van der Waals surface area contributed by atoms with Gasteiger partial charge in [0.15, 0.2) is 0 Å². The molecular weight excluding hydrogens is 344 g/mol. The Kier molecular flexibility index (Phi) is 4.49. The van der Waals surface area contributed by atoms with Gasteiger partial charge in [-0.05, 0) is 49.1 Å². The molecular formula is C24H28N4. The van der Waals surface area contributed by atoms with Crippen molar-refractivity contribution >= 4 is 11.4 Å². The number of hydrogen-bond donors (Lipinski definition) is 0. The zero-order chi connectivity index (χ0) is 19.1. The minimum atomic E-state index is 0.640. The molecule has 3 aliphatic heterocycles. The number of rotatable bonds is 4. The fourth-order valence-electron chi connectivity index (χ4n) is 5.52. The van der Waals surface area contributed by atoms with Gasteiger partial charge in [0.25, 0.3) is 0 Å². The van der Waals surface area contributed by atoms with E-state index in [9.17, 15) is 5.26 Å². The van der Waals surface area contributed by atoms with Gasteiger partial charge in [0.2, 0.25) is 0 Å². The molecule has 0 unspecified atom stereocenters. The summed E-state index contributed by atoms with van der Waals surface area (Å²) in [5.41, 5.74) is 6.51. The van der Waals surface area contributed by atoms with Gasteiger partial charge in [0.1, 0.15) is 0 Å². The van der Waals surface area contributed by atoms with Crippen molar-refractivity contribution in [3.63, 3.8) is 0 Å². The fraction of sp³-hybridized carbons (Fsp3) is 0.458. The lowest BCUT2D eigenvalue weighted by molar-refractivity contribution is 0.191. The van der Waals surface area contributed by atoms with Gasteiger partial charge in [-0.3, -0.25) is 0 Å². The molecule has 4 nitrogen and oxygen atoms in total. The normalized spacial score (nSPS) is 23.3. The van der Waals surface area contributed by atoms with Crippen LogP contribution in [0.1, 0.15) is 35.4 Å². The van der Waals surface area contributed by atoms with Crippen LogP contribution in [-0.2, 0) is 6.42 Å². The SMILES string of the molecule is CN1CCN2c3c(cccc31)[C@@H]1CN(CCCc3ccccc3C#N)CC[C@@H]12. The van der Waals surface area contributed by atoms with E-state index in [-0.39, 0.29) is 0 Å². The summed E-state index contributed by atoms with van der Waals surface area (Å²) in [5.74, 6) is 0.640. The number of piperidine rings is 1. The zero-order valence-electron chi connectivity index (χ0n) is 16.6. The number of nitriles is 1. The molecule has 2 atom stereocenters. The van der Waals surface area contributed by atoms with Crippen LogP contribution in [0, 0.1) is 11.3 Å². The molecule has 0 saturated carbocycles. The Morgan fingerprint density at radius 2 is 1.96 bits per heavy atom. The topological polar surface area (TPSA) is 33.5 Å². The second-order valence-corrected chi connectivity index (χ2v) is 8.47. The van der Waals surface area contributed by atoms with Crippen LogP contribution in [-0.4, -0.2) is 50.7 Å². The Morgan fingerprint density at radius 1 is 1.07 bits per heavy atom. The molecule has 3 aliphatic rings. The van der Waals surface area contributed by atoms with Crippen molar-refractivity contribution in [2.75, 3.05) is 49.6 Å². The molecule has 144 valence electrons. The third-order valence-corrected chi connectivity index (χ3v) is 6.94. The lowest BCUT2D eigenvalue weighted by atomic mass is 9.89. The first-order valence-electron chi connectivity index (χ1n) is 10.6. The average molecular weight is 373 g/mol. The van der Waals surface area contributed by atoms with Crippen molar-refractivity contribution in [1.29, 1.82) is 5.26 Å². The zero-order valence-corrected chi connectivity index (χ0v) is 16.6. The number of para-hydroxylation sites is 1. The van der Waals surface area contributed by atoms with Crippen LogP contribution in [0.15, 0.2) is 42.5 Å². The van der Waals surface area contributed by atoms with Crippen LogP contribution in [0.4, 0.5) is 11.4 Å². The van der Waals surface area contributed by atoms with E-state index in [2.05, 4.69) is 52.1 Å². The largest absolute Gasteiger partial charge is 0.371 e. The van der Waals surface area contributed by atoms with E-state index in [1.807, 2.05) is 18.2 Å². The number of benzene rings is 2. The van der Waals surface area contributed by atoms with Crippen molar-refractivity contribution in [1.82, 2.24) is 4.90 Å². The van der Waals surface area contributed by atoms with Crippen molar-refractivity contribution < 1.29 is 0 Å². The van der Waals surface area contributed by atoms with Gasteiger partial charge in [-0.2, -0.15) is 5.26 Å². The van der Waals surface area contributed by atoms with Crippen molar-refractivity contribution in [3.8, 4) is 6.07 Å². The maximum atomic E-state index is 9.29. The highest BCUT2D eigenvalue weighted by Gasteiger charge is 2.44. The van der Waals surface area contributed by atoms with E-state index >= 15 is 0 Å². The Morgan fingerprint density at radius 3 is 2.86 bits per heavy atom. The first-order chi connectivity index (χ1) is 13.8. The molecule has 1 fully saturated rings. The molecule has 4 heteroatoms. The van der Waals surface area contributed by atoms with Crippen LogP contribution in [0.25, 0.3) is 0 Å². The van der Waals surface area contributed by atoms with E-state index < -0.39 is 0 Å². The molecule has 0 N–H and O–H groups in total. The molecule has 0 amide bonds. The number of nitrogens with zero attached hydrogens (tertiary/aromatic N) is 4. The van der Waals surface area contributed by atoms with Crippen molar-refractivity contribution in [2.24, 2.45) is 0 Å². The molecule has 0 aromatic heterocycles. The predicted molar refractivity (Wildman–Crippen MR) is 114 cm³/mol. The van der Waals surface area contributed by atoms with E-state index in [1.165, 1.54) is 36.4 Å². The van der Waals surface area contributed by atoms with Crippen LogP contribution in [0.2, 0.25) is 0 Å². The summed E-state index contributed by atoms with van der Waals surface area (Å²) < 4.78 is 0. The smallest absolute Gasteiger partial charge is 0.0994 e. The first kappa shape index (κ1) is 17.6. The number of fused-ring (bicyclic) bond motifs is 3. The molecule has 2 aromatic rings. The minimum absolute atomic E-state index is 0.640. The van der Waals surface area contributed by atoms with Crippen LogP contribution >= 0.6 is 0 Å². The standard InChI is InChI=1S/C24H28N4/c1-26-14-15-28-22-11-13-27(12-5-8-18-6-2-3-7-19(18)16-25)17-21(22)20-9-4-10-23(26)24(20)28/h2-4,6-7,9-10,21-22H,5,8,11-15,17H2,1H3/t21-,22-/m0/s1. The monoisotopic (exact) mass is 372 g/mol. The lowest BCUT2D eigenvalue weighted by Crippen LogP contribution is -2.49. The number of likely N-dealkylation sites (N-methyl/N-ethyl adjacent to an activating group) is 1. The van der Waals surface area contributed by atoms with Gasteiger partial charge in [0, 0.05) is 45.2 Å². The first-order valence-corrected chi connectivity index (χ1v) is 10.6. The maximum absolute atomic E-state index is 9.29. The summed E-state index contributed by atoms with van der Waals surface area (Å²) in [6, 6.07) is 17.9. The Bertz CT molecular complexity index is 915. The Labute approximate surface area is 168 Å². The number of aryl methyl sites for hydroxylation is 1. The van der Waals surface area contributed by atoms with E-state index in [4.69, 9.17) is 0 Å². The second-order valence-electron chi connectivity index (χ2n) is 8.47. The van der Waals surface area contributed by atoms with Crippen molar-refractivity contribution in [2.45, 2.75) is 31.2 Å². The Balaban J connectivity index is 1.27. The molecule has 0 bridgehead atoms. The lowest BCUT2D eigenvalue weighted by Gasteiger charge is -2.41. The highest BCUT2D eigenvalue weighted by molar-refractivity contribution is 5.80. The molecule has 28 heavy (non-hydrogen) atoms. The van der Waals surface area contributed by atoms with Gasteiger partial charge in [-0.1, -0.05) is 30.3 Å². The highest BCUT2D eigenvalue weighted by Crippen LogP contribution is 2.50. The van der Waals surface area contributed by atoms with Gasteiger partial charge in [-0.15, -0.1) is 0 Å². The molecule has 0 radical (unpaired) electrons. The van der Waals surface area contributed by atoms with E-state index in [1.54, 1.807) is 5.56 Å². The second kappa shape index (κ2) is 7.14. The fourth-order valence-corrected chi connectivity index (χ4v) is 5.52. The van der Waals surface area contributed by atoms with Crippen LogP contribution < -0.4 is 9.80 Å². The maximum Gasteiger partial charge on any atom is 0.0994 e. The number of likely N-dealkylation sites (tertiary alicyclic amines) is 1. The molecule has 0 spiro atoms. The summed E-state index contributed by atoms with van der Waals surface area (Å²) in [7, 11) is 2.22. The average Bonchev–Trinajstić information content (AvgIpc) is 3.05. The van der Waals surface area contributed by atoms with Gasteiger partial charge in [0.05, 0.1) is 23.0 Å². The van der Waals surface area contributed by atoms with Crippen LogP contribution in [0.3, 0.4) is 0 Å². The third-order valence-electron chi connectivity index (χ3n) is 6.94. The molecule has 0 aliphatic carbocycles. The summed E-state index contributed by atoms with van der Waals surface area (Å²) >= 11 is 0. The quantitative estimate of drug-likeness (QED) is 0.821. The summed E-state index contributed by atoms with van der Waals surface area (Å²) in [5, 5.41) is 9.29. The molecule has 3 heterocycles. The van der Waals surface area contributed by atoms with Gasteiger partial charge in [-0.25, -0.2) is 0 Å². The number of anilines is 2. The number of hydrogen-bond acceptors (Lipinski definition) is 4. The minimum Gasteiger partial charge on any atom is -0.371 e. The summed E-state index contributed by atoms with van der Waals surface area (Å²) in [6.07, 6.45) is 3.37. The summed E-state index contributed by atoms with van der Waals surface area (Å²) in [4.78, 5) is 7.77. The predicted octanol–water partition coefficient (Wildman–Crippen LogP) is 3.62. The highest BCUT2D eigenvalue weighted by atomic mass is 15.3. The third kappa shape index (κ3) is 2.86. The molecule has 5 rings (SSSR count). The van der Waals surface area contributed by atoms with Crippen molar-refractivity contribution in [3.05, 3.63) is 59.2 Å². The van der Waals surface area contributed by atoms with E-state index in [0.29, 0.717) is 12.0 Å². The van der Waals surface area contributed by atoms with Gasteiger partial charge < -0.3 is 14.7 Å². The molecule has 2 aromatic carbocycles. The van der Waals surface area contributed by atoms with Gasteiger partial charge >= 0.3 is 0 Å². The van der Waals surface area contributed by atoms with E-state index in [0.717, 1.165) is 38.0 Å².